The molecule has 2 aromatic heterocycles. The topological polar surface area (TPSA) is 56.2 Å². The lowest BCUT2D eigenvalue weighted by molar-refractivity contribution is -0.138. The van der Waals surface area contributed by atoms with Crippen LogP contribution in [0.5, 0.6) is 0 Å². The normalized spacial score (nSPS) is 12.3. The number of halogens is 4. The summed E-state index contributed by atoms with van der Waals surface area (Å²) < 4.78 is 38.4. The first-order valence-electron chi connectivity index (χ1n) is 3.77. The third-order valence-electron chi connectivity index (χ3n) is 1.77. The molecule has 0 spiro atoms. The minimum atomic E-state index is -4.43. The predicted molar refractivity (Wildman–Crippen MR) is 50.1 cm³/mol. The Bertz CT molecular complexity index is 519. The molecule has 0 aliphatic heterocycles. The molecule has 2 aromatic rings. The molecule has 0 saturated heterocycles. The van der Waals surface area contributed by atoms with Gasteiger partial charge in [0.25, 0.3) is 0 Å². The summed E-state index contributed by atoms with van der Waals surface area (Å²) in [4.78, 5) is 3.67. The first kappa shape index (κ1) is 10.2. The van der Waals surface area contributed by atoms with E-state index in [1.165, 1.54) is 4.52 Å². The average Bonchev–Trinajstić information content (AvgIpc) is 2.44. The van der Waals surface area contributed by atoms with Gasteiger partial charge in [0.05, 0.1) is 10.0 Å². The lowest BCUT2D eigenvalue weighted by atomic mass is 10.2. The van der Waals surface area contributed by atoms with E-state index in [4.69, 9.17) is 5.73 Å². The zero-order valence-corrected chi connectivity index (χ0v) is 8.67. The molecule has 4 nitrogen and oxygen atoms in total. The molecule has 0 saturated carbocycles. The number of hydrogen-bond acceptors (Lipinski definition) is 3. The minimum absolute atomic E-state index is 0.0438. The molecule has 80 valence electrons. The molecular formula is C7H4BrF3N4. The van der Waals surface area contributed by atoms with Gasteiger partial charge < -0.3 is 5.73 Å². The maximum absolute atomic E-state index is 12.5. The summed E-state index contributed by atoms with van der Waals surface area (Å²) in [6, 6.07) is 0.908. The highest BCUT2D eigenvalue weighted by Crippen LogP contribution is 2.36. The SMILES string of the molecule is Nc1nc2c(Br)c(C(F)(F)F)ccn2n1. The van der Waals surface area contributed by atoms with Crippen molar-refractivity contribution in [3.8, 4) is 0 Å². The zero-order valence-electron chi connectivity index (χ0n) is 7.09. The van der Waals surface area contributed by atoms with E-state index in [-0.39, 0.29) is 16.1 Å². The molecule has 0 aromatic carbocycles. The molecular weight excluding hydrogens is 277 g/mol. The fourth-order valence-corrected chi connectivity index (χ4v) is 1.78. The van der Waals surface area contributed by atoms with Gasteiger partial charge in [-0.1, -0.05) is 0 Å². The predicted octanol–water partition coefficient (Wildman–Crippen LogP) is 2.09. The van der Waals surface area contributed by atoms with Crippen molar-refractivity contribution >= 4 is 27.5 Å². The van der Waals surface area contributed by atoms with E-state index in [0.29, 0.717) is 0 Å². The van der Waals surface area contributed by atoms with Crippen molar-refractivity contribution in [2.45, 2.75) is 6.18 Å². The van der Waals surface area contributed by atoms with Crippen molar-refractivity contribution in [3.63, 3.8) is 0 Å². The second kappa shape index (κ2) is 3.09. The van der Waals surface area contributed by atoms with Gasteiger partial charge in [0, 0.05) is 6.20 Å². The number of pyridine rings is 1. The van der Waals surface area contributed by atoms with Gasteiger partial charge >= 0.3 is 6.18 Å². The third kappa shape index (κ3) is 1.65. The number of aromatic nitrogens is 3. The molecule has 2 rings (SSSR count). The summed E-state index contributed by atoms with van der Waals surface area (Å²) >= 11 is 2.83. The van der Waals surface area contributed by atoms with Crippen LogP contribution in [-0.2, 0) is 6.18 Å². The van der Waals surface area contributed by atoms with Crippen LogP contribution in [0.4, 0.5) is 19.1 Å². The lowest BCUT2D eigenvalue weighted by Gasteiger charge is -2.08. The van der Waals surface area contributed by atoms with E-state index in [9.17, 15) is 13.2 Å². The second-order valence-electron chi connectivity index (χ2n) is 2.78. The lowest BCUT2D eigenvalue weighted by Crippen LogP contribution is -2.07. The maximum Gasteiger partial charge on any atom is 0.417 e. The molecule has 2 heterocycles. The Morgan fingerprint density at radius 3 is 2.67 bits per heavy atom. The zero-order chi connectivity index (χ0) is 11.2. The highest BCUT2D eigenvalue weighted by atomic mass is 79.9. The van der Waals surface area contributed by atoms with E-state index < -0.39 is 11.7 Å². The number of alkyl halides is 3. The van der Waals surface area contributed by atoms with Crippen molar-refractivity contribution in [2.24, 2.45) is 0 Å². The number of nitrogen functional groups attached to an aromatic ring is 1. The smallest absolute Gasteiger partial charge is 0.366 e. The molecule has 8 heteroatoms. The Kier molecular flexibility index (Phi) is 2.10. The average molecular weight is 281 g/mol. The fourth-order valence-electron chi connectivity index (χ4n) is 1.15. The Hall–Kier alpha value is -1.31. The number of nitrogens with zero attached hydrogens (tertiary/aromatic N) is 3. The summed E-state index contributed by atoms with van der Waals surface area (Å²) in [7, 11) is 0. The van der Waals surface area contributed by atoms with E-state index in [1.54, 1.807) is 0 Å². The number of fused-ring (bicyclic) bond motifs is 1. The summed E-state index contributed by atoms with van der Waals surface area (Å²) in [6.45, 7) is 0. The maximum atomic E-state index is 12.5. The highest BCUT2D eigenvalue weighted by molar-refractivity contribution is 9.10. The number of hydrogen-bond donors (Lipinski definition) is 1. The van der Waals surface area contributed by atoms with E-state index in [1.807, 2.05) is 0 Å². The van der Waals surface area contributed by atoms with Gasteiger partial charge in [0.1, 0.15) is 0 Å². The van der Waals surface area contributed by atoms with E-state index >= 15 is 0 Å². The van der Waals surface area contributed by atoms with Crippen LogP contribution in [0.2, 0.25) is 0 Å². The van der Waals surface area contributed by atoms with Gasteiger partial charge in [-0.15, -0.1) is 5.10 Å². The first-order valence-corrected chi connectivity index (χ1v) is 4.56. The van der Waals surface area contributed by atoms with Crippen LogP contribution in [0.15, 0.2) is 16.7 Å². The van der Waals surface area contributed by atoms with Crippen molar-refractivity contribution in [1.82, 2.24) is 14.6 Å². The van der Waals surface area contributed by atoms with Gasteiger partial charge in [-0.05, 0) is 22.0 Å². The molecule has 0 aliphatic carbocycles. The summed E-state index contributed by atoms with van der Waals surface area (Å²) in [6.07, 6.45) is -3.27. The van der Waals surface area contributed by atoms with Crippen molar-refractivity contribution in [2.75, 3.05) is 5.73 Å². The first-order chi connectivity index (χ1) is 6.89. The molecule has 0 aliphatic rings. The van der Waals surface area contributed by atoms with Crippen LogP contribution < -0.4 is 5.73 Å². The van der Waals surface area contributed by atoms with Gasteiger partial charge in [-0.3, -0.25) is 0 Å². The molecule has 0 amide bonds. The van der Waals surface area contributed by atoms with Crippen molar-refractivity contribution < 1.29 is 13.2 Å². The molecule has 0 fully saturated rings. The Morgan fingerprint density at radius 2 is 2.07 bits per heavy atom. The van der Waals surface area contributed by atoms with Gasteiger partial charge in [0.15, 0.2) is 5.65 Å². The van der Waals surface area contributed by atoms with Crippen LogP contribution in [0.1, 0.15) is 5.56 Å². The molecule has 0 bridgehead atoms. The Balaban J connectivity index is 2.75. The van der Waals surface area contributed by atoms with Crippen LogP contribution >= 0.6 is 15.9 Å². The molecule has 15 heavy (non-hydrogen) atoms. The van der Waals surface area contributed by atoms with Crippen molar-refractivity contribution in [3.05, 3.63) is 22.3 Å². The van der Waals surface area contributed by atoms with Crippen LogP contribution in [0.3, 0.4) is 0 Å². The number of anilines is 1. The van der Waals surface area contributed by atoms with Gasteiger partial charge in [-0.2, -0.15) is 18.2 Å². The summed E-state index contributed by atoms with van der Waals surface area (Å²) in [5, 5.41) is 3.68. The highest BCUT2D eigenvalue weighted by Gasteiger charge is 2.34. The van der Waals surface area contributed by atoms with E-state index in [0.717, 1.165) is 12.3 Å². The fraction of sp³-hybridized carbons (Fsp3) is 0.143. The Labute approximate surface area is 90.0 Å². The molecule has 0 radical (unpaired) electrons. The van der Waals surface area contributed by atoms with Gasteiger partial charge in [-0.25, -0.2) is 4.52 Å². The second-order valence-corrected chi connectivity index (χ2v) is 3.57. The number of nitrogens with two attached hydrogens (primary N) is 1. The van der Waals surface area contributed by atoms with Crippen LogP contribution in [-0.4, -0.2) is 14.6 Å². The molecule has 0 atom stereocenters. The summed E-state index contributed by atoms with van der Waals surface area (Å²) in [5.74, 6) is -0.0741. The number of rotatable bonds is 0. The van der Waals surface area contributed by atoms with Gasteiger partial charge in [0.2, 0.25) is 5.95 Å². The Morgan fingerprint density at radius 1 is 1.40 bits per heavy atom. The quantitative estimate of drug-likeness (QED) is 0.804. The molecule has 0 unspecified atom stereocenters. The monoisotopic (exact) mass is 280 g/mol. The third-order valence-corrected chi connectivity index (χ3v) is 2.55. The van der Waals surface area contributed by atoms with E-state index in [2.05, 4.69) is 26.0 Å². The van der Waals surface area contributed by atoms with Crippen LogP contribution in [0, 0.1) is 0 Å². The van der Waals surface area contributed by atoms with Crippen LogP contribution in [0.25, 0.3) is 5.65 Å². The van der Waals surface area contributed by atoms with Crippen molar-refractivity contribution in [1.29, 1.82) is 0 Å². The standard InChI is InChI=1S/C7H4BrF3N4/c8-4-3(7(9,10)11)1-2-15-5(4)13-6(12)14-15/h1-2H,(H2,12,14). The summed E-state index contributed by atoms with van der Waals surface area (Å²) in [5.41, 5.74) is 4.51. The minimum Gasteiger partial charge on any atom is -0.366 e. The molecule has 2 N–H and O–H groups in total. The largest absolute Gasteiger partial charge is 0.417 e.